The number of carbonyl (C=O) groups is 3. The summed E-state index contributed by atoms with van der Waals surface area (Å²) in [4.78, 5) is 76.5. The van der Waals surface area contributed by atoms with Gasteiger partial charge in [-0.1, -0.05) is 0 Å². The molecule has 0 spiro atoms. The average molecular weight is 571 g/mol. The molecular weight excluding hydrogens is 540 g/mol. The normalized spacial score (nSPS) is 10.7. The molecule has 0 saturated heterocycles. The molecule has 0 bridgehead atoms. The lowest BCUT2D eigenvalue weighted by molar-refractivity contribution is -0.115. The molecule has 216 valence electrons. The van der Waals surface area contributed by atoms with Crippen LogP contribution in [0.2, 0.25) is 0 Å². The molecule has 0 aliphatic rings. The Balaban J connectivity index is 2.04. The fourth-order valence-corrected chi connectivity index (χ4v) is 4.56. The zero-order valence-electron chi connectivity index (χ0n) is 24.0. The van der Waals surface area contributed by atoms with E-state index in [9.17, 15) is 28.8 Å². The van der Waals surface area contributed by atoms with Crippen LogP contribution in [0.1, 0.15) is 37.5 Å². The Morgan fingerprint density at radius 1 is 0.476 bits per heavy atom. The van der Waals surface area contributed by atoms with Gasteiger partial charge < -0.3 is 16.0 Å². The summed E-state index contributed by atoms with van der Waals surface area (Å²) in [6.07, 6.45) is 0. The summed E-state index contributed by atoms with van der Waals surface area (Å²) in [5, 5.41) is 8.07. The smallest absolute Gasteiger partial charge is 0.326 e. The van der Waals surface area contributed by atoms with Crippen molar-refractivity contribution in [3.05, 3.63) is 103 Å². The Hall–Kier alpha value is -5.52. The molecule has 3 aromatic carbocycles. The van der Waals surface area contributed by atoms with Crippen molar-refractivity contribution in [2.24, 2.45) is 0 Å². The van der Waals surface area contributed by atoms with Crippen LogP contribution in [0.4, 0.5) is 17.1 Å². The monoisotopic (exact) mass is 570 g/mol. The van der Waals surface area contributed by atoms with Crippen molar-refractivity contribution in [3.63, 3.8) is 0 Å². The Morgan fingerprint density at radius 2 is 0.714 bits per heavy atom. The number of hydrogen-bond acceptors (Lipinski definition) is 6. The molecule has 3 N–H and O–H groups in total. The first-order valence-corrected chi connectivity index (χ1v) is 13.0. The number of rotatable bonds is 6. The molecule has 4 rings (SSSR count). The Labute approximate surface area is 240 Å². The molecule has 0 aliphatic heterocycles. The van der Waals surface area contributed by atoms with Gasteiger partial charge in [-0.15, -0.1) is 0 Å². The summed E-state index contributed by atoms with van der Waals surface area (Å²) < 4.78 is 2.63. The zero-order chi connectivity index (χ0) is 30.9. The third-order valence-corrected chi connectivity index (χ3v) is 6.48. The van der Waals surface area contributed by atoms with E-state index in [0.717, 1.165) is 13.7 Å². The SMILES string of the molecule is CC(=O)Nc1ccc(-n2c(=O)n(-c3ccc(NC(C)=O)c(C)c3)c(=O)n(-c3ccc(NC(C)=O)c(C)c3)c2=O)cc1C. The van der Waals surface area contributed by atoms with E-state index in [-0.39, 0.29) is 34.8 Å². The standard InChI is InChI=1S/C30H30N6O6/c1-16-13-22(7-10-25(16)31-19(4)37)34-28(40)35(23-8-11-26(17(2)14-23)32-20(5)38)30(42)36(29(34)41)24-9-12-27(18(3)15-24)33-21(6)39/h7-15H,1-6H3,(H,31,37)(H,32,38)(H,33,39). The van der Waals surface area contributed by atoms with E-state index in [4.69, 9.17) is 0 Å². The van der Waals surface area contributed by atoms with Crippen LogP contribution in [0.25, 0.3) is 17.1 Å². The minimum atomic E-state index is -0.911. The zero-order valence-corrected chi connectivity index (χ0v) is 24.0. The van der Waals surface area contributed by atoms with Crippen molar-refractivity contribution in [1.82, 2.24) is 13.7 Å². The number of amides is 3. The van der Waals surface area contributed by atoms with Crippen LogP contribution >= 0.6 is 0 Å². The maximum absolute atomic E-state index is 13.9. The summed E-state index contributed by atoms with van der Waals surface area (Å²) in [6.45, 7) is 9.23. The van der Waals surface area contributed by atoms with Gasteiger partial charge in [-0.25, -0.2) is 28.1 Å². The third-order valence-electron chi connectivity index (χ3n) is 6.48. The predicted octanol–water partition coefficient (Wildman–Crippen LogP) is 2.94. The number of nitrogens with zero attached hydrogens (tertiary/aromatic N) is 3. The lowest BCUT2D eigenvalue weighted by Gasteiger charge is -2.17. The molecule has 0 fully saturated rings. The number of nitrogens with one attached hydrogen (secondary N) is 3. The fourth-order valence-electron chi connectivity index (χ4n) is 4.56. The molecular formula is C30H30N6O6. The van der Waals surface area contributed by atoms with E-state index in [0.29, 0.717) is 33.8 Å². The first kappa shape index (κ1) is 29.5. The first-order chi connectivity index (χ1) is 19.8. The highest BCUT2D eigenvalue weighted by Gasteiger charge is 2.21. The predicted molar refractivity (Wildman–Crippen MR) is 160 cm³/mol. The molecule has 3 amide bonds. The minimum Gasteiger partial charge on any atom is -0.326 e. The summed E-state index contributed by atoms with van der Waals surface area (Å²) in [5.41, 5.74) is 1.07. The van der Waals surface area contributed by atoms with Gasteiger partial charge >= 0.3 is 17.1 Å². The van der Waals surface area contributed by atoms with Crippen LogP contribution in [0.15, 0.2) is 69.0 Å². The van der Waals surface area contributed by atoms with Crippen molar-refractivity contribution < 1.29 is 14.4 Å². The van der Waals surface area contributed by atoms with Crippen LogP contribution in [-0.4, -0.2) is 31.4 Å². The molecule has 12 heteroatoms. The molecule has 0 aliphatic carbocycles. The molecule has 42 heavy (non-hydrogen) atoms. The van der Waals surface area contributed by atoms with Gasteiger partial charge in [0, 0.05) is 37.8 Å². The first-order valence-electron chi connectivity index (χ1n) is 13.0. The van der Waals surface area contributed by atoms with Gasteiger partial charge in [0.15, 0.2) is 0 Å². The molecule has 12 nitrogen and oxygen atoms in total. The van der Waals surface area contributed by atoms with E-state index in [1.165, 1.54) is 39.0 Å². The molecule has 1 heterocycles. The highest BCUT2D eigenvalue weighted by molar-refractivity contribution is 5.90. The molecule has 0 atom stereocenters. The largest absolute Gasteiger partial charge is 0.345 e. The second-order valence-corrected chi connectivity index (χ2v) is 9.90. The molecule has 0 saturated carbocycles. The number of carbonyl (C=O) groups excluding carboxylic acids is 3. The second kappa shape index (κ2) is 11.5. The summed E-state index contributed by atoms with van der Waals surface area (Å²) in [7, 11) is 0. The van der Waals surface area contributed by atoms with Gasteiger partial charge in [0.25, 0.3) is 0 Å². The van der Waals surface area contributed by atoms with Crippen molar-refractivity contribution in [2.45, 2.75) is 41.5 Å². The molecule has 0 radical (unpaired) electrons. The topological polar surface area (TPSA) is 153 Å². The quantitative estimate of drug-likeness (QED) is 0.324. The van der Waals surface area contributed by atoms with Crippen LogP contribution < -0.4 is 33.0 Å². The highest BCUT2D eigenvalue weighted by Crippen LogP contribution is 2.21. The van der Waals surface area contributed by atoms with Crippen LogP contribution in [-0.2, 0) is 14.4 Å². The Kier molecular flexibility index (Phi) is 8.09. The van der Waals surface area contributed by atoms with E-state index in [1.54, 1.807) is 57.2 Å². The maximum Gasteiger partial charge on any atom is 0.345 e. The number of anilines is 3. The van der Waals surface area contributed by atoms with E-state index >= 15 is 0 Å². The second-order valence-electron chi connectivity index (χ2n) is 9.90. The van der Waals surface area contributed by atoms with E-state index in [2.05, 4.69) is 16.0 Å². The van der Waals surface area contributed by atoms with Crippen molar-refractivity contribution in [1.29, 1.82) is 0 Å². The summed E-state index contributed by atoms with van der Waals surface area (Å²) in [5.74, 6) is -0.847. The lowest BCUT2D eigenvalue weighted by Crippen LogP contribution is -2.52. The third kappa shape index (κ3) is 5.82. The Bertz CT molecular complexity index is 1700. The van der Waals surface area contributed by atoms with Gasteiger partial charge in [-0.2, -0.15) is 0 Å². The molecule has 0 unspecified atom stereocenters. The maximum atomic E-state index is 13.9. The van der Waals surface area contributed by atoms with Crippen molar-refractivity contribution in [2.75, 3.05) is 16.0 Å². The lowest BCUT2D eigenvalue weighted by atomic mass is 10.1. The number of aromatic nitrogens is 3. The average Bonchev–Trinajstić information content (AvgIpc) is 2.88. The van der Waals surface area contributed by atoms with Gasteiger partial charge in [0.05, 0.1) is 17.1 Å². The summed E-state index contributed by atoms with van der Waals surface area (Å²) in [6, 6.07) is 13.9. The van der Waals surface area contributed by atoms with Gasteiger partial charge in [-0.05, 0) is 92.1 Å². The van der Waals surface area contributed by atoms with Gasteiger partial charge in [-0.3, -0.25) is 14.4 Å². The molecule has 1 aromatic heterocycles. The summed E-state index contributed by atoms with van der Waals surface area (Å²) >= 11 is 0. The van der Waals surface area contributed by atoms with Crippen LogP contribution in [0, 0.1) is 20.8 Å². The van der Waals surface area contributed by atoms with Crippen molar-refractivity contribution >= 4 is 34.8 Å². The highest BCUT2D eigenvalue weighted by atomic mass is 16.2. The van der Waals surface area contributed by atoms with Crippen LogP contribution in [0.3, 0.4) is 0 Å². The number of aryl methyl sites for hydroxylation is 3. The molecule has 4 aromatic rings. The van der Waals surface area contributed by atoms with E-state index < -0.39 is 17.1 Å². The van der Waals surface area contributed by atoms with Gasteiger partial charge in [0.1, 0.15) is 0 Å². The number of benzene rings is 3. The van der Waals surface area contributed by atoms with E-state index in [1.807, 2.05) is 0 Å². The number of hydrogen-bond donors (Lipinski definition) is 3. The Morgan fingerprint density at radius 3 is 0.905 bits per heavy atom. The fraction of sp³-hybridized carbons (Fsp3) is 0.200. The van der Waals surface area contributed by atoms with Crippen molar-refractivity contribution in [3.8, 4) is 17.1 Å². The minimum absolute atomic E-state index is 0.178. The van der Waals surface area contributed by atoms with Crippen LogP contribution in [0.5, 0.6) is 0 Å². The van der Waals surface area contributed by atoms with Gasteiger partial charge in [0.2, 0.25) is 17.7 Å².